The van der Waals surface area contributed by atoms with Crippen LogP contribution < -0.4 is 15.0 Å². The van der Waals surface area contributed by atoms with Crippen molar-refractivity contribution in [1.82, 2.24) is 5.32 Å². The van der Waals surface area contributed by atoms with Crippen LogP contribution in [0, 0.1) is 0 Å². The van der Waals surface area contributed by atoms with Crippen LogP contribution in [-0.4, -0.2) is 32.1 Å². The molecule has 1 N–H and O–H groups in total. The zero-order valence-electron chi connectivity index (χ0n) is 12.0. The van der Waals surface area contributed by atoms with Gasteiger partial charge in [0.05, 0.1) is 12.8 Å². The Labute approximate surface area is 120 Å². The first-order chi connectivity index (χ1) is 9.79. The van der Waals surface area contributed by atoms with Gasteiger partial charge in [0.2, 0.25) is 5.91 Å². The number of para-hydroxylation sites is 1. The number of amides is 1. The predicted octanol–water partition coefficient (Wildman–Crippen LogP) is 2.12. The minimum Gasteiger partial charge on any atom is -0.495 e. The van der Waals surface area contributed by atoms with E-state index in [1.54, 1.807) is 7.11 Å². The van der Waals surface area contributed by atoms with E-state index >= 15 is 0 Å². The molecule has 2 heterocycles. The van der Waals surface area contributed by atoms with Gasteiger partial charge >= 0.3 is 0 Å². The Kier molecular flexibility index (Phi) is 3.92. The van der Waals surface area contributed by atoms with Gasteiger partial charge in [-0.1, -0.05) is 12.1 Å². The summed E-state index contributed by atoms with van der Waals surface area (Å²) < 4.78 is 5.45. The summed E-state index contributed by atoms with van der Waals surface area (Å²) in [6.07, 6.45) is 4.94. The molecule has 20 heavy (non-hydrogen) atoms. The van der Waals surface area contributed by atoms with Gasteiger partial charge in [0.1, 0.15) is 5.75 Å². The molecular weight excluding hydrogens is 252 g/mol. The summed E-state index contributed by atoms with van der Waals surface area (Å²) in [7, 11) is 1.67. The van der Waals surface area contributed by atoms with Gasteiger partial charge in [-0.25, -0.2) is 0 Å². The maximum Gasteiger partial charge on any atom is 0.228 e. The number of carbonyl (C=O) groups is 1. The van der Waals surface area contributed by atoms with Crippen molar-refractivity contribution in [3.63, 3.8) is 0 Å². The van der Waals surface area contributed by atoms with E-state index in [9.17, 15) is 4.79 Å². The van der Waals surface area contributed by atoms with E-state index in [-0.39, 0.29) is 5.91 Å². The number of anilines is 1. The zero-order chi connectivity index (χ0) is 13.9. The highest BCUT2D eigenvalue weighted by Crippen LogP contribution is 2.36. The zero-order valence-corrected chi connectivity index (χ0v) is 12.0. The quantitative estimate of drug-likeness (QED) is 0.918. The molecule has 2 aliphatic rings. The van der Waals surface area contributed by atoms with Crippen molar-refractivity contribution in [2.24, 2.45) is 0 Å². The first-order valence-corrected chi connectivity index (χ1v) is 7.49. The number of aryl methyl sites for hydroxylation is 1. The summed E-state index contributed by atoms with van der Waals surface area (Å²) in [6.45, 7) is 1.84. The normalized spacial score (nSPS) is 21.6. The molecule has 0 saturated carbocycles. The summed E-state index contributed by atoms with van der Waals surface area (Å²) in [5.41, 5.74) is 2.22. The van der Waals surface area contributed by atoms with Crippen molar-refractivity contribution >= 4 is 11.6 Å². The molecule has 3 rings (SSSR count). The minimum atomic E-state index is 0.217. The van der Waals surface area contributed by atoms with E-state index in [0.29, 0.717) is 12.5 Å². The van der Waals surface area contributed by atoms with Crippen LogP contribution in [0.4, 0.5) is 5.69 Å². The van der Waals surface area contributed by atoms with Crippen molar-refractivity contribution in [1.29, 1.82) is 0 Å². The number of rotatable bonds is 3. The van der Waals surface area contributed by atoms with Crippen LogP contribution in [0.5, 0.6) is 5.75 Å². The Balaban J connectivity index is 1.83. The SMILES string of the molecule is COc1cccc2c1N(C(=O)CC1CCCN1)CCC2. The van der Waals surface area contributed by atoms with Crippen LogP contribution in [0.3, 0.4) is 0 Å². The molecule has 2 aliphatic heterocycles. The van der Waals surface area contributed by atoms with Crippen LogP contribution in [0.25, 0.3) is 0 Å². The molecule has 4 nitrogen and oxygen atoms in total. The summed E-state index contributed by atoms with van der Waals surface area (Å²) in [4.78, 5) is 14.5. The van der Waals surface area contributed by atoms with Crippen LogP contribution in [-0.2, 0) is 11.2 Å². The highest BCUT2D eigenvalue weighted by molar-refractivity contribution is 5.96. The maximum atomic E-state index is 12.6. The second kappa shape index (κ2) is 5.83. The van der Waals surface area contributed by atoms with Crippen LogP contribution in [0.2, 0.25) is 0 Å². The smallest absolute Gasteiger partial charge is 0.228 e. The van der Waals surface area contributed by atoms with Gasteiger partial charge in [-0.2, -0.15) is 0 Å². The average molecular weight is 274 g/mol. The molecule has 0 aromatic heterocycles. The Morgan fingerprint density at radius 3 is 3.10 bits per heavy atom. The van der Waals surface area contributed by atoms with Crippen molar-refractivity contribution in [3.8, 4) is 5.75 Å². The van der Waals surface area contributed by atoms with Gasteiger partial charge in [0.25, 0.3) is 0 Å². The second-order valence-corrected chi connectivity index (χ2v) is 5.61. The third kappa shape index (κ3) is 2.52. The number of fused-ring (bicyclic) bond motifs is 1. The standard InChI is InChI=1S/C16H22N2O2/c1-20-14-8-2-5-12-6-4-10-18(16(12)14)15(19)11-13-7-3-9-17-13/h2,5,8,13,17H,3-4,6-7,9-11H2,1H3. The molecule has 1 aromatic rings. The third-order valence-electron chi connectivity index (χ3n) is 4.28. The number of carbonyl (C=O) groups excluding carboxylic acids is 1. The largest absolute Gasteiger partial charge is 0.495 e. The minimum absolute atomic E-state index is 0.217. The fraction of sp³-hybridized carbons (Fsp3) is 0.562. The molecule has 0 spiro atoms. The fourth-order valence-corrected chi connectivity index (χ4v) is 3.28. The number of nitrogens with zero attached hydrogens (tertiary/aromatic N) is 1. The third-order valence-corrected chi connectivity index (χ3v) is 4.28. The number of hydrogen-bond donors (Lipinski definition) is 1. The monoisotopic (exact) mass is 274 g/mol. The number of ether oxygens (including phenoxy) is 1. The van der Waals surface area contributed by atoms with Gasteiger partial charge in [-0.05, 0) is 43.9 Å². The highest BCUT2D eigenvalue weighted by Gasteiger charge is 2.28. The number of nitrogens with one attached hydrogen (secondary N) is 1. The lowest BCUT2D eigenvalue weighted by Gasteiger charge is -2.31. The maximum absolute atomic E-state index is 12.6. The first-order valence-electron chi connectivity index (χ1n) is 7.49. The molecule has 4 heteroatoms. The Morgan fingerprint density at radius 1 is 1.45 bits per heavy atom. The molecule has 0 aliphatic carbocycles. The molecule has 0 radical (unpaired) electrons. The average Bonchev–Trinajstić information content (AvgIpc) is 2.98. The molecule has 108 valence electrons. The van der Waals surface area contributed by atoms with Gasteiger partial charge in [0, 0.05) is 19.0 Å². The van der Waals surface area contributed by atoms with E-state index in [0.717, 1.165) is 43.8 Å². The van der Waals surface area contributed by atoms with E-state index < -0.39 is 0 Å². The van der Waals surface area contributed by atoms with Crippen molar-refractivity contribution in [2.45, 2.75) is 38.1 Å². The Bertz CT molecular complexity index is 481. The summed E-state index contributed by atoms with van der Waals surface area (Å²) in [5.74, 6) is 1.03. The Hall–Kier alpha value is -1.55. The van der Waals surface area contributed by atoms with Crippen molar-refractivity contribution < 1.29 is 9.53 Å². The lowest BCUT2D eigenvalue weighted by atomic mass is 10.00. The first kappa shape index (κ1) is 13.4. The van der Waals surface area contributed by atoms with Gasteiger partial charge < -0.3 is 15.0 Å². The molecule has 1 atom stereocenters. The van der Waals surface area contributed by atoms with Crippen molar-refractivity contribution in [3.05, 3.63) is 23.8 Å². The lowest BCUT2D eigenvalue weighted by molar-refractivity contribution is -0.119. The second-order valence-electron chi connectivity index (χ2n) is 5.61. The number of methoxy groups -OCH3 is 1. The van der Waals surface area contributed by atoms with Crippen molar-refractivity contribution in [2.75, 3.05) is 25.1 Å². The molecule has 1 amide bonds. The molecule has 1 saturated heterocycles. The van der Waals surface area contributed by atoms with Crippen LogP contribution in [0.1, 0.15) is 31.2 Å². The summed E-state index contributed by atoms with van der Waals surface area (Å²) >= 11 is 0. The van der Waals surface area contributed by atoms with Gasteiger partial charge in [-0.3, -0.25) is 4.79 Å². The van der Waals surface area contributed by atoms with E-state index in [2.05, 4.69) is 11.4 Å². The van der Waals surface area contributed by atoms with E-state index in [4.69, 9.17) is 4.74 Å². The predicted molar refractivity (Wildman–Crippen MR) is 79.3 cm³/mol. The summed E-state index contributed by atoms with van der Waals surface area (Å²) in [5, 5.41) is 3.40. The topological polar surface area (TPSA) is 41.6 Å². The van der Waals surface area contributed by atoms with Gasteiger partial charge in [-0.15, -0.1) is 0 Å². The van der Waals surface area contributed by atoms with Crippen LogP contribution in [0.15, 0.2) is 18.2 Å². The molecule has 1 fully saturated rings. The van der Waals surface area contributed by atoms with E-state index in [1.807, 2.05) is 17.0 Å². The lowest BCUT2D eigenvalue weighted by Crippen LogP contribution is -2.39. The number of hydrogen-bond acceptors (Lipinski definition) is 3. The highest BCUT2D eigenvalue weighted by atomic mass is 16.5. The fourth-order valence-electron chi connectivity index (χ4n) is 3.28. The molecule has 0 bridgehead atoms. The number of benzene rings is 1. The molecular formula is C16H22N2O2. The van der Waals surface area contributed by atoms with E-state index in [1.165, 1.54) is 12.0 Å². The molecule has 1 unspecified atom stereocenters. The molecule has 1 aromatic carbocycles. The van der Waals surface area contributed by atoms with Crippen LogP contribution >= 0.6 is 0 Å². The van der Waals surface area contributed by atoms with Gasteiger partial charge in [0.15, 0.2) is 0 Å². The summed E-state index contributed by atoms with van der Waals surface area (Å²) in [6, 6.07) is 6.40. The Morgan fingerprint density at radius 2 is 2.35 bits per heavy atom.